The standard InChI is InChI=1S/C23H28N6O3/c1-16-6-8-17(9-7-16)22-25-27-29(26-22)15-21(31)28(14-20(30)24-23(2,3)4)18-10-12-19(32-5)13-11-18/h6-13H,14-15H2,1-5H3,(H,24,30). The molecule has 3 aromatic rings. The van der Waals surface area contributed by atoms with Gasteiger partial charge in [-0.25, -0.2) is 0 Å². The number of ether oxygens (including phenoxy) is 1. The van der Waals surface area contributed by atoms with Crippen molar-refractivity contribution in [1.29, 1.82) is 0 Å². The summed E-state index contributed by atoms with van der Waals surface area (Å²) in [7, 11) is 1.57. The summed E-state index contributed by atoms with van der Waals surface area (Å²) in [5, 5.41) is 15.3. The molecular formula is C23H28N6O3. The van der Waals surface area contributed by atoms with Gasteiger partial charge in [0.25, 0.3) is 5.91 Å². The van der Waals surface area contributed by atoms with Crippen molar-refractivity contribution in [3.63, 3.8) is 0 Å². The van der Waals surface area contributed by atoms with E-state index in [0.29, 0.717) is 17.3 Å². The van der Waals surface area contributed by atoms with E-state index < -0.39 is 5.54 Å². The van der Waals surface area contributed by atoms with Gasteiger partial charge in [-0.1, -0.05) is 29.8 Å². The van der Waals surface area contributed by atoms with E-state index in [1.807, 2.05) is 52.0 Å². The zero-order valence-electron chi connectivity index (χ0n) is 19.0. The molecule has 0 aliphatic heterocycles. The predicted octanol–water partition coefficient (Wildman–Crippen LogP) is 2.61. The number of rotatable bonds is 7. The number of aryl methyl sites for hydroxylation is 1. The molecule has 0 aliphatic rings. The fourth-order valence-electron chi connectivity index (χ4n) is 3.02. The molecule has 0 bridgehead atoms. The van der Waals surface area contributed by atoms with Crippen LogP contribution in [0, 0.1) is 6.92 Å². The van der Waals surface area contributed by atoms with Gasteiger partial charge in [0.05, 0.1) is 7.11 Å². The summed E-state index contributed by atoms with van der Waals surface area (Å²) < 4.78 is 5.19. The largest absolute Gasteiger partial charge is 0.497 e. The van der Waals surface area contributed by atoms with Crippen molar-refractivity contribution in [1.82, 2.24) is 25.5 Å². The van der Waals surface area contributed by atoms with Crippen LogP contribution in [0.15, 0.2) is 48.5 Å². The summed E-state index contributed by atoms with van der Waals surface area (Å²) in [6.45, 7) is 7.36. The third-order valence-electron chi connectivity index (χ3n) is 4.54. The number of anilines is 1. The monoisotopic (exact) mass is 436 g/mol. The lowest BCUT2D eigenvalue weighted by atomic mass is 10.1. The SMILES string of the molecule is COc1ccc(N(CC(=O)NC(C)(C)C)C(=O)Cn2nnc(-c3ccc(C)cc3)n2)cc1. The Hall–Kier alpha value is -3.75. The number of amides is 2. The molecule has 0 radical (unpaired) electrons. The number of methoxy groups -OCH3 is 1. The van der Waals surface area contributed by atoms with Crippen LogP contribution in [0.3, 0.4) is 0 Å². The normalized spacial score (nSPS) is 11.2. The van der Waals surface area contributed by atoms with Crippen LogP contribution >= 0.6 is 0 Å². The molecule has 32 heavy (non-hydrogen) atoms. The van der Waals surface area contributed by atoms with Crippen molar-refractivity contribution in [3.8, 4) is 17.1 Å². The molecule has 2 amide bonds. The lowest BCUT2D eigenvalue weighted by molar-refractivity contribution is -0.125. The highest BCUT2D eigenvalue weighted by molar-refractivity contribution is 5.98. The highest BCUT2D eigenvalue weighted by atomic mass is 16.5. The Morgan fingerprint density at radius 3 is 2.31 bits per heavy atom. The quantitative estimate of drug-likeness (QED) is 0.611. The number of nitrogens with one attached hydrogen (secondary N) is 1. The summed E-state index contributed by atoms with van der Waals surface area (Å²) >= 11 is 0. The van der Waals surface area contributed by atoms with Gasteiger partial charge in [-0.05, 0) is 57.2 Å². The highest BCUT2D eigenvalue weighted by Crippen LogP contribution is 2.20. The average molecular weight is 437 g/mol. The van der Waals surface area contributed by atoms with Gasteiger partial charge in [0, 0.05) is 16.8 Å². The van der Waals surface area contributed by atoms with Gasteiger partial charge in [-0.2, -0.15) is 4.80 Å². The number of hydrogen-bond acceptors (Lipinski definition) is 6. The van der Waals surface area contributed by atoms with Crippen molar-refractivity contribution >= 4 is 17.5 Å². The third kappa shape index (κ3) is 6.13. The minimum Gasteiger partial charge on any atom is -0.497 e. The molecule has 0 fully saturated rings. The van der Waals surface area contributed by atoms with Crippen LogP contribution in [0.2, 0.25) is 0 Å². The van der Waals surface area contributed by atoms with Gasteiger partial charge >= 0.3 is 0 Å². The van der Waals surface area contributed by atoms with Gasteiger partial charge in [0.1, 0.15) is 18.8 Å². The van der Waals surface area contributed by atoms with E-state index in [0.717, 1.165) is 11.1 Å². The van der Waals surface area contributed by atoms with Crippen LogP contribution in [0.4, 0.5) is 5.69 Å². The lowest BCUT2D eigenvalue weighted by Crippen LogP contribution is -2.48. The van der Waals surface area contributed by atoms with Gasteiger partial charge in [-0.3, -0.25) is 9.59 Å². The molecule has 1 heterocycles. The van der Waals surface area contributed by atoms with Crippen molar-refractivity contribution in [2.24, 2.45) is 0 Å². The number of hydrogen-bond donors (Lipinski definition) is 1. The molecule has 9 heteroatoms. The van der Waals surface area contributed by atoms with E-state index >= 15 is 0 Å². The molecule has 1 aromatic heterocycles. The first-order chi connectivity index (χ1) is 15.1. The second kappa shape index (κ2) is 9.59. The molecule has 0 saturated carbocycles. The molecule has 168 valence electrons. The molecule has 0 atom stereocenters. The first-order valence-electron chi connectivity index (χ1n) is 10.2. The lowest BCUT2D eigenvalue weighted by Gasteiger charge is -2.26. The van der Waals surface area contributed by atoms with Crippen LogP contribution < -0.4 is 15.0 Å². The van der Waals surface area contributed by atoms with E-state index in [1.54, 1.807) is 31.4 Å². The predicted molar refractivity (Wildman–Crippen MR) is 121 cm³/mol. The smallest absolute Gasteiger partial charge is 0.251 e. The molecule has 2 aromatic carbocycles. The minimum absolute atomic E-state index is 0.137. The minimum atomic E-state index is -0.415. The van der Waals surface area contributed by atoms with Crippen molar-refractivity contribution in [2.75, 3.05) is 18.6 Å². The number of carbonyl (C=O) groups excluding carboxylic acids is 2. The molecule has 1 N–H and O–H groups in total. The fraction of sp³-hybridized carbons (Fsp3) is 0.348. The Morgan fingerprint density at radius 1 is 1.06 bits per heavy atom. The van der Waals surface area contributed by atoms with Crippen LogP contribution in [-0.2, 0) is 16.1 Å². The Balaban J connectivity index is 1.79. The number of carbonyl (C=O) groups is 2. The van der Waals surface area contributed by atoms with Crippen LogP contribution in [0.1, 0.15) is 26.3 Å². The maximum absolute atomic E-state index is 13.1. The van der Waals surface area contributed by atoms with E-state index in [4.69, 9.17) is 4.74 Å². The Kier molecular flexibility index (Phi) is 6.87. The molecule has 0 spiro atoms. The molecule has 9 nitrogen and oxygen atoms in total. The van der Waals surface area contributed by atoms with Crippen molar-refractivity contribution in [3.05, 3.63) is 54.1 Å². The highest BCUT2D eigenvalue weighted by Gasteiger charge is 2.23. The summed E-state index contributed by atoms with van der Waals surface area (Å²) in [5.74, 6) is 0.473. The Bertz CT molecular complexity index is 1070. The third-order valence-corrected chi connectivity index (χ3v) is 4.54. The number of nitrogens with zero attached hydrogens (tertiary/aromatic N) is 5. The maximum Gasteiger partial charge on any atom is 0.251 e. The fourth-order valence-corrected chi connectivity index (χ4v) is 3.02. The number of tetrazole rings is 1. The van der Waals surface area contributed by atoms with E-state index in [-0.39, 0.29) is 24.9 Å². The molecule has 0 unspecified atom stereocenters. The van der Waals surface area contributed by atoms with Gasteiger partial charge in [0.2, 0.25) is 11.7 Å². The maximum atomic E-state index is 13.1. The van der Waals surface area contributed by atoms with Gasteiger partial charge in [0.15, 0.2) is 0 Å². The van der Waals surface area contributed by atoms with Crippen molar-refractivity contribution in [2.45, 2.75) is 39.8 Å². The van der Waals surface area contributed by atoms with Gasteiger partial charge < -0.3 is 15.0 Å². The first-order valence-corrected chi connectivity index (χ1v) is 10.2. The van der Waals surface area contributed by atoms with E-state index in [9.17, 15) is 9.59 Å². The summed E-state index contributed by atoms with van der Waals surface area (Å²) in [6, 6.07) is 14.7. The molecule has 0 aliphatic carbocycles. The average Bonchev–Trinajstić information content (AvgIpc) is 3.19. The second-order valence-corrected chi connectivity index (χ2v) is 8.49. The topological polar surface area (TPSA) is 102 Å². The zero-order chi connectivity index (χ0) is 23.3. The first kappa shape index (κ1) is 22.9. The number of benzene rings is 2. The van der Waals surface area contributed by atoms with Crippen molar-refractivity contribution < 1.29 is 14.3 Å². The van der Waals surface area contributed by atoms with Crippen LogP contribution in [0.25, 0.3) is 11.4 Å². The van der Waals surface area contributed by atoms with Crippen LogP contribution in [-0.4, -0.2) is 51.2 Å². The molecule has 3 rings (SSSR count). The van der Waals surface area contributed by atoms with Crippen LogP contribution in [0.5, 0.6) is 5.75 Å². The molecule has 0 saturated heterocycles. The summed E-state index contributed by atoms with van der Waals surface area (Å²) in [5.41, 5.74) is 2.09. The van der Waals surface area contributed by atoms with E-state index in [2.05, 4.69) is 20.7 Å². The number of aromatic nitrogens is 4. The Morgan fingerprint density at radius 2 is 1.72 bits per heavy atom. The van der Waals surface area contributed by atoms with E-state index in [1.165, 1.54) is 9.70 Å². The summed E-state index contributed by atoms with van der Waals surface area (Å²) in [6.07, 6.45) is 0. The summed E-state index contributed by atoms with van der Waals surface area (Å²) in [4.78, 5) is 28.3. The second-order valence-electron chi connectivity index (χ2n) is 8.49. The molecular weight excluding hydrogens is 408 g/mol. The zero-order valence-corrected chi connectivity index (χ0v) is 19.0. The Labute approximate surface area is 187 Å². The van der Waals surface area contributed by atoms with Gasteiger partial charge in [-0.15, -0.1) is 10.2 Å².